The first-order valence-electron chi connectivity index (χ1n) is 2.85. The fourth-order valence-corrected chi connectivity index (χ4v) is 1.01. The number of hydrogen-bond acceptors (Lipinski definition) is 3. The molecular weight excluding hydrogens is 200 g/mol. The number of ether oxygens (including phenoxy) is 1. The van der Waals surface area contributed by atoms with Crippen molar-refractivity contribution in [1.29, 1.82) is 0 Å². The first-order valence-corrected chi connectivity index (χ1v) is 4.09. The van der Waals surface area contributed by atoms with E-state index in [4.69, 9.17) is 16.3 Å². The minimum absolute atomic E-state index is 0.0218. The smallest absolute Gasteiger partial charge is 0.260 e. The average Bonchev–Trinajstić information content (AvgIpc) is 1.93. The molecule has 0 aliphatic rings. The Morgan fingerprint density at radius 3 is 2.64 bits per heavy atom. The zero-order chi connectivity index (χ0) is 8.27. The summed E-state index contributed by atoms with van der Waals surface area (Å²) >= 11 is 14.0. The predicted octanol–water partition coefficient (Wildman–Crippen LogP) is 2.88. The van der Waals surface area contributed by atoms with Crippen LogP contribution in [0.15, 0.2) is 29.2 Å². The summed E-state index contributed by atoms with van der Waals surface area (Å²) in [7, 11) is 0. The van der Waals surface area contributed by atoms with Gasteiger partial charge in [-0.1, -0.05) is 12.1 Å². The number of hydrogen-bond donors (Lipinski definition) is 1. The van der Waals surface area contributed by atoms with Crippen LogP contribution in [0.2, 0.25) is 0 Å². The lowest BCUT2D eigenvalue weighted by molar-refractivity contribution is 0.563. The van der Waals surface area contributed by atoms with Gasteiger partial charge >= 0.3 is 0 Å². The Morgan fingerprint density at radius 2 is 2.09 bits per heavy atom. The number of rotatable bonds is 1. The minimum atomic E-state index is -0.0218. The molecule has 0 spiro atoms. The molecular formula is C7H5ClOS2. The SMILES string of the molecule is S=C(Cl)Oc1ccccc1S. The van der Waals surface area contributed by atoms with E-state index in [1.54, 1.807) is 12.1 Å². The first kappa shape index (κ1) is 8.84. The Balaban J connectivity index is 2.86. The summed E-state index contributed by atoms with van der Waals surface area (Å²) in [6.07, 6.45) is 0. The number of para-hydroxylation sites is 1. The maximum Gasteiger partial charge on any atom is 0.260 e. The molecule has 0 aliphatic carbocycles. The molecule has 0 saturated carbocycles. The van der Waals surface area contributed by atoms with E-state index in [0.717, 1.165) is 4.90 Å². The summed E-state index contributed by atoms with van der Waals surface area (Å²) in [4.78, 5) is 0.718. The summed E-state index contributed by atoms with van der Waals surface area (Å²) in [5.41, 5.74) is 0. The molecule has 0 aromatic heterocycles. The molecule has 0 heterocycles. The molecule has 0 N–H and O–H groups in total. The molecule has 4 heteroatoms. The van der Waals surface area contributed by atoms with Crippen LogP contribution in [0, 0.1) is 0 Å². The van der Waals surface area contributed by atoms with Crippen molar-refractivity contribution in [2.24, 2.45) is 0 Å². The molecule has 1 aromatic carbocycles. The maximum absolute atomic E-state index is 5.36. The van der Waals surface area contributed by atoms with Gasteiger partial charge in [-0.05, 0) is 36.0 Å². The number of halogens is 1. The van der Waals surface area contributed by atoms with Crippen LogP contribution in [-0.2, 0) is 0 Å². The van der Waals surface area contributed by atoms with E-state index in [1.165, 1.54) is 0 Å². The van der Waals surface area contributed by atoms with Crippen LogP contribution in [0.1, 0.15) is 0 Å². The zero-order valence-corrected chi connectivity index (χ0v) is 7.92. The van der Waals surface area contributed by atoms with Gasteiger partial charge in [0.15, 0.2) is 0 Å². The average molecular weight is 205 g/mol. The Hall–Kier alpha value is -0.250. The van der Waals surface area contributed by atoms with Gasteiger partial charge in [-0.2, -0.15) is 0 Å². The molecule has 0 atom stereocenters. The van der Waals surface area contributed by atoms with Crippen LogP contribution < -0.4 is 4.74 Å². The lowest BCUT2D eigenvalue weighted by atomic mass is 10.3. The molecule has 58 valence electrons. The van der Waals surface area contributed by atoms with Crippen molar-refractivity contribution in [3.8, 4) is 5.75 Å². The lowest BCUT2D eigenvalue weighted by Crippen LogP contribution is -1.95. The van der Waals surface area contributed by atoms with Gasteiger partial charge < -0.3 is 4.74 Å². The number of thiol groups is 1. The topological polar surface area (TPSA) is 9.23 Å². The molecule has 0 aliphatic heterocycles. The Morgan fingerprint density at radius 1 is 1.45 bits per heavy atom. The molecule has 0 amide bonds. The van der Waals surface area contributed by atoms with Gasteiger partial charge in [-0.15, -0.1) is 12.6 Å². The molecule has 1 rings (SSSR count). The Kier molecular flexibility index (Phi) is 3.17. The summed E-state index contributed by atoms with van der Waals surface area (Å²) < 4.78 is 4.94. The van der Waals surface area contributed by atoms with Gasteiger partial charge in [0.1, 0.15) is 5.75 Å². The van der Waals surface area contributed by atoms with E-state index in [-0.39, 0.29) is 4.51 Å². The van der Waals surface area contributed by atoms with Crippen LogP contribution in [0.5, 0.6) is 5.75 Å². The Bertz CT molecular complexity index is 275. The largest absolute Gasteiger partial charge is 0.435 e. The van der Waals surface area contributed by atoms with Crippen LogP contribution in [-0.4, -0.2) is 4.51 Å². The van der Waals surface area contributed by atoms with E-state index in [2.05, 4.69) is 24.8 Å². The van der Waals surface area contributed by atoms with Gasteiger partial charge in [0.2, 0.25) is 0 Å². The highest BCUT2D eigenvalue weighted by Crippen LogP contribution is 2.21. The van der Waals surface area contributed by atoms with Crippen molar-refractivity contribution in [3.63, 3.8) is 0 Å². The van der Waals surface area contributed by atoms with Crippen molar-refractivity contribution in [2.45, 2.75) is 4.90 Å². The quantitative estimate of drug-likeness (QED) is 0.428. The standard InChI is InChI=1S/C7H5ClOS2/c8-7(11)9-5-3-1-2-4-6(5)10/h1-4,10H. The second-order valence-corrected chi connectivity index (χ2v) is 3.23. The molecule has 11 heavy (non-hydrogen) atoms. The van der Waals surface area contributed by atoms with Crippen molar-refractivity contribution >= 4 is 41.0 Å². The monoisotopic (exact) mass is 204 g/mol. The van der Waals surface area contributed by atoms with Crippen LogP contribution >= 0.6 is 36.4 Å². The summed E-state index contributed by atoms with van der Waals surface area (Å²) in [5, 5.41) is 0. The van der Waals surface area contributed by atoms with E-state index in [9.17, 15) is 0 Å². The van der Waals surface area contributed by atoms with E-state index < -0.39 is 0 Å². The fraction of sp³-hybridized carbons (Fsp3) is 0. The second-order valence-electron chi connectivity index (χ2n) is 1.81. The van der Waals surface area contributed by atoms with Gasteiger partial charge in [0.25, 0.3) is 4.51 Å². The first-order chi connectivity index (χ1) is 5.20. The molecule has 0 saturated heterocycles. The van der Waals surface area contributed by atoms with Crippen molar-refractivity contribution in [1.82, 2.24) is 0 Å². The highest BCUT2D eigenvalue weighted by molar-refractivity contribution is 7.82. The minimum Gasteiger partial charge on any atom is -0.435 e. The maximum atomic E-state index is 5.36. The third kappa shape index (κ3) is 2.69. The van der Waals surface area contributed by atoms with E-state index >= 15 is 0 Å². The second kappa shape index (κ2) is 3.95. The van der Waals surface area contributed by atoms with Gasteiger partial charge in [-0.3, -0.25) is 0 Å². The fourth-order valence-electron chi connectivity index (χ4n) is 0.630. The molecule has 1 nitrogen and oxygen atoms in total. The molecule has 1 aromatic rings. The molecule has 0 bridgehead atoms. The number of benzene rings is 1. The van der Waals surface area contributed by atoms with Crippen molar-refractivity contribution in [2.75, 3.05) is 0 Å². The van der Waals surface area contributed by atoms with Crippen molar-refractivity contribution < 1.29 is 4.74 Å². The number of thiocarbonyl (C=S) groups is 1. The van der Waals surface area contributed by atoms with Crippen LogP contribution in [0.4, 0.5) is 0 Å². The highest BCUT2D eigenvalue weighted by Gasteiger charge is 1.99. The van der Waals surface area contributed by atoms with Crippen LogP contribution in [0.3, 0.4) is 0 Å². The third-order valence-electron chi connectivity index (χ3n) is 1.06. The van der Waals surface area contributed by atoms with Gasteiger partial charge in [-0.25, -0.2) is 0 Å². The van der Waals surface area contributed by atoms with Gasteiger partial charge in [0.05, 0.1) is 0 Å². The predicted molar refractivity (Wildman–Crippen MR) is 52.8 cm³/mol. The van der Waals surface area contributed by atoms with E-state index in [0.29, 0.717) is 5.75 Å². The summed E-state index contributed by atoms with van der Waals surface area (Å²) in [5.74, 6) is 0.579. The van der Waals surface area contributed by atoms with E-state index in [1.807, 2.05) is 12.1 Å². The third-order valence-corrected chi connectivity index (χ3v) is 1.59. The molecule has 0 radical (unpaired) electrons. The summed E-state index contributed by atoms with van der Waals surface area (Å²) in [6.45, 7) is 0. The zero-order valence-electron chi connectivity index (χ0n) is 5.45. The van der Waals surface area contributed by atoms with Crippen LogP contribution in [0.25, 0.3) is 0 Å². The molecule has 0 fully saturated rings. The van der Waals surface area contributed by atoms with Gasteiger partial charge in [0, 0.05) is 4.90 Å². The normalized spacial score (nSPS) is 9.27. The van der Waals surface area contributed by atoms with Crippen molar-refractivity contribution in [3.05, 3.63) is 24.3 Å². The molecule has 0 unspecified atom stereocenters. The lowest BCUT2D eigenvalue weighted by Gasteiger charge is -2.02. The summed E-state index contributed by atoms with van der Waals surface area (Å²) in [6, 6.07) is 7.22. The Labute approximate surface area is 80.7 Å². The highest BCUT2D eigenvalue weighted by atomic mass is 35.5.